The van der Waals surface area contributed by atoms with Crippen LogP contribution in [0.15, 0.2) is 58.5 Å². The van der Waals surface area contributed by atoms with Gasteiger partial charge >= 0.3 is 0 Å². The molecule has 1 N–H and O–H groups in total. The van der Waals surface area contributed by atoms with Crippen LogP contribution in [0.1, 0.15) is 20.3 Å². The average molecular weight is 304 g/mol. The molecule has 0 saturated carbocycles. The van der Waals surface area contributed by atoms with Crippen molar-refractivity contribution in [3.8, 4) is 0 Å². The molecule has 21 heavy (non-hydrogen) atoms. The zero-order valence-corrected chi connectivity index (χ0v) is 13.6. The van der Waals surface area contributed by atoms with Gasteiger partial charge in [-0.2, -0.15) is 5.10 Å². The van der Waals surface area contributed by atoms with E-state index in [-0.39, 0.29) is 0 Å². The zero-order valence-electron chi connectivity index (χ0n) is 12.8. The van der Waals surface area contributed by atoms with Crippen LogP contribution in [-0.4, -0.2) is 30.3 Å². The second-order valence-electron chi connectivity index (χ2n) is 4.44. The van der Waals surface area contributed by atoms with Crippen molar-refractivity contribution >= 4 is 24.1 Å². The van der Waals surface area contributed by atoms with Crippen LogP contribution in [0.25, 0.3) is 0 Å². The third-order valence-corrected chi connectivity index (χ3v) is 3.50. The molecule has 1 aliphatic heterocycles. The summed E-state index contributed by atoms with van der Waals surface area (Å²) in [6, 6.07) is 0. The Bertz CT molecular complexity index is 463. The van der Waals surface area contributed by atoms with Crippen molar-refractivity contribution in [3.05, 3.63) is 48.4 Å². The molecule has 0 fully saturated rings. The van der Waals surface area contributed by atoms with Crippen molar-refractivity contribution in [1.29, 1.82) is 0 Å². The summed E-state index contributed by atoms with van der Waals surface area (Å²) in [5.41, 5.74) is 1.01. The maximum Gasteiger partial charge on any atom is 0.225 e. The number of allylic oxidation sites excluding steroid dienone is 5. The summed E-state index contributed by atoms with van der Waals surface area (Å²) < 4.78 is 3.23. The lowest BCUT2D eigenvalue weighted by atomic mass is 10.1. The monoisotopic (exact) mass is 304 g/mol. The summed E-state index contributed by atoms with van der Waals surface area (Å²) in [4.78, 5) is 4.46. The number of rotatable bonds is 7. The Kier molecular flexibility index (Phi) is 8.28. The Hall–Kier alpha value is -1.75. The summed E-state index contributed by atoms with van der Waals surface area (Å²) in [6.07, 6.45) is 10.5. The van der Waals surface area contributed by atoms with Crippen LogP contribution in [0.2, 0.25) is 0 Å². The molecule has 0 saturated heterocycles. The standard InChI is InChI=1S/C16H24N4S/c1-5-9-14(6-2)10-11-21-19-16(17-8-4)20-13-15(7-3)12-18-20/h5-6,9-12,15H,1-2,7-8,13H2,3-4H3,(H,17,19)/b11-10+,14-9+. The molecule has 0 aliphatic carbocycles. The molecule has 0 spiro atoms. The molecule has 0 amide bonds. The molecule has 114 valence electrons. The summed E-state index contributed by atoms with van der Waals surface area (Å²) in [6.45, 7) is 13.2. The topological polar surface area (TPSA) is 40.0 Å². The molecule has 0 aromatic heterocycles. The Labute approximate surface area is 132 Å². The Balaban J connectivity index is 2.53. The summed E-state index contributed by atoms with van der Waals surface area (Å²) in [5, 5.41) is 8.28. The first-order valence-electron chi connectivity index (χ1n) is 7.14. The number of hydrogen-bond donors (Lipinski definition) is 1. The van der Waals surface area contributed by atoms with Crippen molar-refractivity contribution in [3.63, 3.8) is 0 Å². The Morgan fingerprint density at radius 1 is 1.52 bits per heavy atom. The van der Waals surface area contributed by atoms with Gasteiger partial charge in [-0.1, -0.05) is 38.3 Å². The van der Waals surface area contributed by atoms with E-state index in [0.29, 0.717) is 5.92 Å². The number of hydrazone groups is 1. The molecule has 1 aliphatic rings. The van der Waals surface area contributed by atoms with Crippen LogP contribution in [0.3, 0.4) is 0 Å². The second-order valence-corrected chi connectivity index (χ2v) is 5.15. The van der Waals surface area contributed by atoms with Crippen molar-refractivity contribution in [2.45, 2.75) is 20.3 Å². The van der Waals surface area contributed by atoms with Crippen LogP contribution in [0.5, 0.6) is 0 Å². The van der Waals surface area contributed by atoms with Crippen molar-refractivity contribution < 1.29 is 0 Å². The lowest BCUT2D eigenvalue weighted by Gasteiger charge is -2.17. The second kappa shape index (κ2) is 10.0. The molecule has 0 aromatic carbocycles. The van der Waals surface area contributed by atoms with Crippen molar-refractivity contribution in [2.24, 2.45) is 16.0 Å². The lowest BCUT2D eigenvalue weighted by molar-refractivity contribution is 0.431. The first kappa shape index (κ1) is 17.3. The van der Waals surface area contributed by atoms with E-state index in [1.165, 1.54) is 11.9 Å². The Morgan fingerprint density at radius 3 is 2.90 bits per heavy atom. The van der Waals surface area contributed by atoms with E-state index in [0.717, 1.165) is 31.0 Å². The van der Waals surface area contributed by atoms with Gasteiger partial charge in [0.05, 0.1) is 6.54 Å². The molecule has 1 unspecified atom stereocenters. The highest BCUT2D eigenvalue weighted by Gasteiger charge is 2.19. The van der Waals surface area contributed by atoms with Crippen LogP contribution in [0, 0.1) is 5.92 Å². The van der Waals surface area contributed by atoms with Crippen LogP contribution >= 0.6 is 11.9 Å². The van der Waals surface area contributed by atoms with Gasteiger partial charge < -0.3 is 0 Å². The molecule has 0 bridgehead atoms. The molecule has 1 atom stereocenters. The van der Waals surface area contributed by atoms with Gasteiger partial charge in [-0.25, -0.2) is 5.01 Å². The van der Waals surface area contributed by atoms with Gasteiger partial charge in [-0.05, 0) is 42.3 Å². The largest absolute Gasteiger partial charge is 0.295 e. The molecule has 1 rings (SSSR count). The van der Waals surface area contributed by atoms with E-state index in [2.05, 4.69) is 34.9 Å². The third-order valence-electron chi connectivity index (χ3n) is 2.93. The van der Waals surface area contributed by atoms with E-state index in [1.54, 1.807) is 12.2 Å². The van der Waals surface area contributed by atoms with Gasteiger partial charge in [0.1, 0.15) is 0 Å². The van der Waals surface area contributed by atoms with E-state index in [4.69, 9.17) is 0 Å². The normalized spacial score (nSPS) is 19.3. The van der Waals surface area contributed by atoms with Gasteiger partial charge in [0, 0.05) is 18.7 Å². The quantitative estimate of drug-likeness (QED) is 0.337. The van der Waals surface area contributed by atoms with Crippen molar-refractivity contribution in [1.82, 2.24) is 9.73 Å². The molecular formula is C16H24N4S. The third kappa shape index (κ3) is 6.04. The van der Waals surface area contributed by atoms with Gasteiger partial charge in [-0.15, -0.1) is 0 Å². The van der Waals surface area contributed by atoms with E-state index in [9.17, 15) is 0 Å². The molecule has 5 heteroatoms. The predicted molar refractivity (Wildman–Crippen MR) is 95.3 cm³/mol. The maximum atomic E-state index is 4.46. The van der Waals surface area contributed by atoms with Gasteiger partial charge in [0.15, 0.2) is 0 Å². The van der Waals surface area contributed by atoms with E-state index >= 15 is 0 Å². The minimum absolute atomic E-state index is 0.511. The first-order chi connectivity index (χ1) is 10.2. The van der Waals surface area contributed by atoms with Crippen LogP contribution < -0.4 is 4.72 Å². The van der Waals surface area contributed by atoms with Gasteiger partial charge in [-0.3, -0.25) is 9.71 Å². The van der Waals surface area contributed by atoms with E-state index < -0.39 is 0 Å². The number of guanidine groups is 1. The highest BCUT2D eigenvalue weighted by molar-refractivity contribution is 8.00. The number of nitrogens with zero attached hydrogens (tertiary/aromatic N) is 3. The predicted octanol–water partition coefficient (Wildman–Crippen LogP) is 3.74. The number of aliphatic imine (C=N–C) groups is 1. The fraction of sp³-hybridized carbons (Fsp3) is 0.375. The molecular weight excluding hydrogens is 280 g/mol. The maximum absolute atomic E-state index is 4.46. The fourth-order valence-electron chi connectivity index (χ4n) is 1.71. The first-order valence-corrected chi connectivity index (χ1v) is 8.02. The fourth-order valence-corrected chi connectivity index (χ4v) is 2.28. The highest BCUT2D eigenvalue weighted by Crippen LogP contribution is 2.12. The van der Waals surface area contributed by atoms with Crippen LogP contribution in [-0.2, 0) is 0 Å². The smallest absolute Gasteiger partial charge is 0.225 e. The molecule has 1 heterocycles. The SMILES string of the molecule is C=C/C=C(C=C)/C=C/SNC(=NCC)N1CC(CC)C=N1. The summed E-state index contributed by atoms with van der Waals surface area (Å²) >= 11 is 1.47. The van der Waals surface area contributed by atoms with Crippen LogP contribution in [0.4, 0.5) is 0 Å². The minimum atomic E-state index is 0.511. The number of nitrogens with one attached hydrogen (secondary N) is 1. The zero-order chi connectivity index (χ0) is 15.5. The van der Waals surface area contributed by atoms with E-state index in [1.807, 2.05) is 35.7 Å². The molecule has 0 aromatic rings. The van der Waals surface area contributed by atoms with Gasteiger partial charge in [0.2, 0.25) is 5.96 Å². The number of hydrogen-bond acceptors (Lipinski definition) is 3. The lowest BCUT2D eigenvalue weighted by Crippen LogP contribution is -2.34. The Morgan fingerprint density at radius 2 is 2.33 bits per heavy atom. The highest BCUT2D eigenvalue weighted by atomic mass is 32.2. The summed E-state index contributed by atoms with van der Waals surface area (Å²) in [5.74, 6) is 1.31. The molecule has 0 radical (unpaired) electrons. The summed E-state index contributed by atoms with van der Waals surface area (Å²) in [7, 11) is 0. The minimum Gasteiger partial charge on any atom is -0.295 e. The average Bonchev–Trinajstić information content (AvgIpc) is 2.98. The molecule has 4 nitrogen and oxygen atoms in total. The van der Waals surface area contributed by atoms with Gasteiger partial charge in [0.25, 0.3) is 0 Å². The van der Waals surface area contributed by atoms with Crippen molar-refractivity contribution in [2.75, 3.05) is 13.1 Å².